The van der Waals surface area contributed by atoms with Gasteiger partial charge in [-0.05, 0) is 32.0 Å². The van der Waals surface area contributed by atoms with Crippen LogP contribution in [-0.4, -0.2) is 31.1 Å². The summed E-state index contributed by atoms with van der Waals surface area (Å²) < 4.78 is 0. The molecule has 1 aromatic rings. The van der Waals surface area contributed by atoms with Crippen molar-refractivity contribution in [2.75, 3.05) is 25.0 Å². The molecule has 0 amide bonds. The molecule has 0 bridgehead atoms. The highest BCUT2D eigenvalue weighted by Crippen LogP contribution is 2.26. The molecule has 1 aliphatic heterocycles. The minimum absolute atomic E-state index is 0.120. The Morgan fingerprint density at radius 2 is 2.37 bits per heavy atom. The Bertz CT molecular complexity index is 524. The highest BCUT2D eigenvalue weighted by atomic mass is 16.6. The van der Waals surface area contributed by atoms with Crippen LogP contribution in [-0.2, 0) is 0 Å². The maximum Gasteiger partial charge on any atom is 0.287 e. The van der Waals surface area contributed by atoms with Gasteiger partial charge in [-0.2, -0.15) is 5.26 Å². The van der Waals surface area contributed by atoms with Gasteiger partial charge in [-0.25, -0.2) is 0 Å². The molecule has 0 radical (unpaired) electrons. The molecular formula is C13H16N4O2. The predicted octanol–water partition coefficient (Wildman–Crippen LogP) is 1.65. The molecule has 19 heavy (non-hydrogen) atoms. The third-order valence-corrected chi connectivity index (χ3v) is 3.49. The van der Waals surface area contributed by atoms with Gasteiger partial charge in [0.25, 0.3) is 5.69 Å². The van der Waals surface area contributed by atoms with E-state index in [2.05, 4.69) is 10.2 Å². The van der Waals surface area contributed by atoms with E-state index in [1.807, 2.05) is 13.1 Å². The number of piperidine rings is 1. The zero-order valence-corrected chi connectivity index (χ0v) is 10.8. The first-order valence-electron chi connectivity index (χ1n) is 6.26. The number of nitro benzene ring substituents is 1. The average Bonchev–Trinajstić information content (AvgIpc) is 2.46. The van der Waals surface area contributed by atoms with E-state index in [1.54, 1.807) is 12.1 Å². The smallest absolute Gasteiger partial charge is 0.287 e. The molecule has 0 aliphatic carbocycles. The molecule has 6 nitrogen and oxygen atoms in total. The lowest BCUT2D eigenvalue weighted by Crippen LogP contribution is -2.44. The summed E-state index contributed by atoms with van der Waals surface area (Å²) >= 11 is 0. The number of nitriles is 1. The lowest BCUT2D eigenvalue weighted by Gasteiger charge is -2.34. The first kappa shape index (κ1) is 13.3. The van der Waals surface area contributed by atoms with Crippen LogP contribution in [0, 0.1) is 21.4 Å². The van der Waals surface area contributed by atoms with Crippen LogP contribution in [0.25, 0.3) is 0 Å². The van der Waals surface area contributed by atoms with Crippen molar-refractivity contribution < 1.29 is 4.92 Å². The summed E-state index contributed by atoms with van der Waals surface area (Å²) in [7, 11) is 1.94. The topological polar surface area (TPSA) is 82.2 Å². The largest absolute Gasteiger partial charge is 0.370 e. The van der Waals surface area contributed by atoms with Gasteiger partial charge in [-0.3, -0.25) is 10.1 Å². The Labute approximate surface area is 111 Å². The van der Waals surface area contributed by atoms with Crippen LogP contribution in [0.3, 0.4) is 0 Å². The minimum Gasteiger partial charge on any atom is -0.370 e. The molecule has 0 spiro atoms. The summed E-state index contributed by atoms with van der Waals surface area (Å²) in [5.41, 5.74) is 0.865. The van der Waals surface area contributed by atoms with Crippen molar-refractivity contribution in [1.29, 1.82) is 5.26 Å². The molecule has 1 N–H and O–H groups in total. The maximum absolute atomic E-state index is 10.8. The molecule has 2 rings (SSSR count). The van der Waals surface area contributed by atoms with Crippen LogP contribution in [0.5, 0.6) is 0 Å². The summed E-state index contributed by atoms with van der Waals surface area (Å²) in [4.78, 5) is 12.4. The molecule has 0 aromatic heterocycles. The Balaban J connectivity index is 2.26. The van der Waals surface area contributed by atoms with Crippen LogP contribution in [0.2, 0.25) is 0 Å². The summed E-state index contributed by atoms with van der Waals surface area (Å²) in [5, 5.41) is 23.0. The number of anilines is 1. The molecule has 1 fully saturated rings. The standard InChI is InChI=1S/C13H16N4O2/c1-15-11-3-2-6-16(9-11)12-4-5-13(17(18)19)10(7-12)8-14/h4-5,7,11,15H,2-3,6,9H2,1H3. The second kappa shape index (κ2) is 5.67. The first-order valence-corrected chi connectivity index (χ1v) is 6.26. The summed E-state index contributed by atoms with van der Waals surface area (Å²) in [6, 6.07) is 7.06. The summed E-state index contributed by atoms with van der Waals surface area (Å²) in [6.45, 7) is 1.78. The van der Waals surface area contributed by atoms with Crippen LogP contribution < -0.4 is 10.2 Å². The second-order valence-electron chi connectivity index (χ2n) is 4.64. The third-order valence-electron chi connectivity index (χ3n) is 3.49. The van der Waals surface area contributed by atoms with E-state index in [1.165, 1.54) is 6.07 Å². The van der Waals surface area contributed by atoms with E-state index in [-0.39, 0.29) is 11.3 Å². The molecule has 6 heteroatoms. The zero-order chi connectivity index (χ0) is 13.8. The van der Waals surface area contributed by atoms with Crippen LogP contribution in [0.4, 0.5) is 11.4 Å². The van der Waals surface area contributed by atoms with Crippen molar-refractivity contribution >= 4 is 11.4 Å². The van der Waals surface area contributed by atoms with Crippen molar-refractivity contribution in [3.8, 4) is 6.07 Å². The van der Waals surface area contributed by atoms with E-state index in [0.717, 1.165) is 31.6 Å². The number of benzene rings is 1. The van der Waals surface area contributed by atoms with Gasteiger partial charge in [-0.15, -0.1) is 0 Å². The van der Waals surface area contributed by atoms with Gasteiger partial charge < -0.3 is 10.2 Å². The number of hydrogen-bond acceptors (Lipinski definition) is 5. The monoisotopic (exact) mass is 260 g/mol. The zero-order valence-electron chi connectivity index (χ0n) is 10.8. The molecular weight excluding hydrogens is 244 g/mol. The fraction of sp³-hybridized carbons (Fsp3) is 0.462. The maximum atomic E-state index is 10.8. The van der Waals surface area contributed by atoms with Crippen LogP contribution in [0.15, 0.2) is 18.2 Å². The van der Waals surface area contributed by atoms with Crippen LogP contribution in [0.1, 0.15) is 18.4 Å². The Hall–Kier alpha value is -2.13. The van der Waals surface area contributed by atoms with Gasteiger partial charge in [-0.1, -0.05) is 0 Å². The number of nitrogens with one attached hydrogen (secondary N) is 1. The normalized spacial score (nSPS) is 18.9. The van der Waals surface area contributed by atoms with Crippen molar-refractivity contribution in [1.82, 2.24) is 5.32 Å². The molecule has 100 valence electrons. The van der Waals surface area contributed by atoms with Gasteiger partial charge in [0, 0.05) is 30.9 Å². The third kappa shape index (κ3) is 2.83. The number of nitrogens with zero attached hydrogens (tertiary/aromatic N) is 3. The lowest BCUT2D eigenvalue weighted by atomic mass is 10.0. The van der Waals surface area contributed by atoms with Gasteiger partial charge in [0.1, 0.15) is 11.6 Å². The molecule has 1 unspecified atom stereocenters. The number of nitro groups is 1. The number of likely N-dealkylation sites (N-methyl/N-ethyl adjacent to an activating group) is 1. The predicted molar refractivity (Wildman–Crippen MR) is 72.1 cm³/mol. The highest BCUT2D eigenvalue weighted by molar-refractivity contribution is 5.60. The van der Waals surface area contributed by atoms with E-state index >= 15 is 0 Å². The Morgan fingerprint density at radius 3 is 3.00 bits per heavy atom. The quantitative estimate of drug-likeness (QED) is 0.660. The molecule has 1 heterocycles. The van der Waals surface area contributed by atoms with Gasteiger partial charge in [0.2, 0.25) is 0 Å². The second-order valence-corrected chi connectivity index (χ2v) is 4.64. The molecule has 1 aliphatic rings. The van der Waals surface area contributed by atoms with Crippen molar-refractivity contribution in [2.24, 2.45) is 0 Å². The molecule has 1 aromatic carbocycles. The SMILES string of the molecule is CNC1CCCN(c2ccc([N+](=O)[O-])c(C#N)c2)C1. The average molecular weight is 260 g/mol. The fourth-order valence-corrected chi connectivity index (χ4v) is 2.42. The first-order chi connectivity index (χ1) is 9.15. The number of hydrogen-bond donors (Lipinski definition) is 1. The van der Waals surface area contributed by atoms with Crippen molar-refractivity contribution in [3.63, 3.8) is 0 Å². The van der Waals surface area contributed by atoms with Crippen LogP contribution >= 0.6 is 0 Å². The van der Waals surface area contributed by atoms with Gasteiger partial charge >= 0.3 is 0 Å². The molecule has 0 saturated carbocycles. The summed E-state index contributed by atoms with van der Waals surface area (Å²) in [6.07, 6.45) is 2.20. The Kier molecular flexibility index (Phi) is 3.97. The van der Waals surface area contributed by atoms with Crippen molar-refractivity contribution in [3.05, 3.63) is 33.9 Å². The molecule has 1 saturated heterocycles. The number of rotatable bonds is 3. The highest BCUT2D eigenvalue weighted by Gasteiger charge is 2.21. The van der Waals surface area contributed by atoms with Gasteiger partial charge in [0.05, 0.1) is 4.92 Å². The Morgan fingerprint density at radius 1 is 1.58 bits per heavy atom. The summed E-state index contributed by atoms with van der Waals surface area (Å²) in [5.74, 6) is 0. The minimum atomic E-state index is -0.519. The van der Waals surface area contributed by atoms with Gasteiger partial charge in [0.15, 0.2) is 0 Å². The lowest BCUT2D eigenvalue weighted by molar-refractivity contribution is -0.385. The fourth-order valence-electron chi connectivity index (χ4n) is 2.42. The van der Waals surface area contributed by atoms with E-state index in [9.17, 15) is 10.1 Å². The molecule has 1 atom stereocenters. The van der Waals surface area contributed by atoms with Crippen molar-refractivity contribution in [2.45, 2.75) is 18.9 Å². The van der Waals surface area contributed by atoms with E-state index < -0.39 is 4.92 Å². The van der Waals surface area contributed by atoms with E-state index in [4.69, 9.17) is 5.26 Å². The van der Waals surface area contributed by atoms with E-state index in [0.29, 0.717) is 6.04 Å².